The molecule has 0 saturated carbocycles. The number of aryl methyl sites for hydroxylation is 1. The summed E-state index contributed by atoms with van der Waals surface area (Å²) in [6, 6.07) is 17.4. The predicted octanol–water partition coefficient (Wildman–Crippen LogP) is 3.62. The Hall–Kier alpha value is -3.82. The first kappa shape index (κ1) is 23.3. The van der Waals surface area contributed by atoms with Crippen molar-refractivity contribution in [2.75, 3.05) is 13.2 Å². The Kier molecular flexibility index (Phi) is 6.85. The van der Waals surface area contributed by atoms with Gasteiger partial charge in [-0.3, -0.25) is 15.1 Å². The van der Waals surface area contributed by atoms with Crippen LogP contribution in [0.25, 0.3) is 11.1 Å². The molecule has 0 radical (unpaired) electrons. The molecule has 1 aliphatic rings. The van der Waals surface area contributed by atoms with E-state index in [9.17, 15) is 25.1 Å². The van der Waals surface area contributed by atoms with Gasteiger partial charge >= 0.3 is 6.09 Å². The number of ether oxygens (including phenoxy) is 1. The summed E-state index contributed by atoms with van der Waals surface area (Å²) in [5.74, 6) is -0.0537. The summed E-state index contributed by atoms with van der Waals surface area (Å²) in [6.07, 6.45) is -2.09. The maximum atomic E-state index is 12.2. The SMILES string of the molecule is Cc1cc(C(O)C(O)CCNC(=O)OCC2c3ccccc3-c3ccccc32)ncc1[N+](=O)[O-]. The van der Waals surface area contributed by atoms with E-state index >= 15 is 0 Å². The molecule has 34 heavy (non-hydrogen) atoms. The molecule has 0 bridgehead atoms. The van der Waals surface area contributed by atoms with E-state index in [2.05, 4.69) is 22.4 Å². The predicted molar refractivity (Wildman–Crippen MR) is 124 cm³/mol. The van der Waals surface area contributed by atoms with Gasteiger partial charge in [-0.2, -0.15) is 0 Å². The zero-order valence-corrected chi connectivity index (χ0v) is 18.5. The minimum Gasteiger partial charge on any atom is -0.449 e. The summed E-state index contributed by atoms with van der Waals surface area (Å²) in [7, 11) is 0. The molecule has 176 valence electrons. The molecule has 1 heterocycles. The summed E-state index contributed by atoms with van der Waals surface area (Å²) in [5, 5.41) is 34.1. The number of fused-ring (bicyclic) bond motifs is 3. The zero-order chi connectivity index (χ0) is 24.2. The van der Waals surface area contributed by atoms with Gasteiger partial charge in [-0.1, -0.05) is 48.5 Å². The number of nitro groups is 1. The maximum Gasteiger partial charge on any atom is 0.407 e. The molecule has 9 heteroatoms. The molecule has 3 N–H and O–H groups in total. The lowest BCUT2D eigenvalue weighted by Crippen LogP contribution is -2.31. The van der Waals surface area contributed by atoms with Gasteiger partial charge in [0.05, 0.1) is 16.7 Å². The van der Waals surface area contributed by atoms with Crippen molar-refractivity contribution >= 4 is 11.8 Å². The molecular weight excluding hydrogens is 438 g/mol. The molecule has 2 aromatic carbocycles. The Morgan fingerprint density at radius 2 is 1.76 bits per heavy atom. The summed E-state index contributed by atoms with van der Waals surface area (Å²) in [5.41, 5.74) is 4.79. The van der Waals surface area contributed by atoms with E-state index in [0.717, 1.165) is 28.5 Å². The Morgan fingerprint density at radius 3 is 2.35 bits per heavy atom. The lowest BCUT2D eigenvalue weighted by molar-refractivity contribution is -0.385. The molecule has 3 aromatic rings. The molecule has 0 spiro atoms. The van der Waals surface area contributed by atoms with Crippen molar-refractivity contribution in [2.24, 2.45) is 0 Å². The second-order valence-corrected chi connectivity index (χ2v) is 8.21. The topological polar surface area (TPSA) is 135 Å². The van der Waals surface area contributed by atoms with Crippen LogP contribution >= 0.6 is 0 Å². The number of pyridine rings is 1. The number of aliphatic hydroxyl groups is 2. The van der Waals surface area contributed by atoms with Crippen molar-refractivity contribution in [3.63, 3.8) is 0 Å². The average Bonchev–Trinajstić information content (AvgIpc) is 3.15. The van der Waals surface area contributed by atoms with Crippen LogP contribution in [0.4, 0.5) is 10.5 Å². The number of benzene rings is 2. The maximum absolute atomic E-state index is 12.2. The Balaban J connectivity index is 1.28. The number of nitrogens with one attached hydrogen (secondary N) is 1. The number of alkyl carbamates (subject to hydrolysis) is 1. The molecule has 1 amide bonds. The van der Waals surface area contributed by atoms with Crippen LogP contribution < -0.4 is 5.32 Å². The van der Waals surface area contributed by atoms with Gasteiger partial charge in [0.25, 0.3) is 5.69 Å². The molecule has 4 rings (SSSR count). The van der Waals surface area contributed by atoms with Gasteiger partial charge in [0.2, 0.25) is 0 Å². The minimum absolute atomic E-state index is 0.0447. The molecule has 1 aliphatic carbocycles. The van der Waals surface area contributed by atoms with Crippen molar-refractivity contribution < 1.29 is 24.7 Å². The third kappa shape index (κ3) is 4.75. The smallest absolute Gasteiger partial charge is 0.407 e. The summed E-state index contributed by atoms with van der Waals surface area (Å²) in [6.45, 7) is 1.78. The van der Waals surface area contributed by atoms with Crippen LogP contribution in [0.15, 0.2) is 60.8 Å². The van der Waals surface area contributed by atoms with Crippen LogP contribution in [0.1, 0.15) is 40.8 Å². The summed E-state index contributed by atoms with van der Waals surface area (Å²) in [4.78, 5) is 26.4. The largest absolute Gasteiger partial charge is 0.449 e. The van der Waals surface area contributed by atoms with Crippen molar-refractivity contribution in [1.82, 2.24) is 10.3 Å². The second-order valence-electron chi connectivity index (χ2n) is 8.21. The Morgan fingerprint density at radius 1 is 1.15 bits per heavy atom. The van der Waals surface area contributed by atoms with Gasteiger partial charge in [-0.25, -0.2) is 4.79 Å². The van der Waals surface area contributed by atoms with Gasteiger partial charge in [-0.05, 0) is 41.7 Å². The molecule has 2 atom stereocenters. The number of hydrogen-bond donors (Lipinski definition) is 3. The molecule has 0 fully saturated rings. The highest BCUT2D eigenvalue weighted by atomic mass is 16.6. The van der Waals surface area contributed by atoms with Crippen molar-refractivity contribution in [1.29, 1.82) is 0 Å². The first-order chi connectivity index (χ1) is 16.4. The first-order valence-corrected chi connectivity index (χ1v) is 10.9. The molecule has 9 nitrogen and oxygen atoms in total. The average molecular weight is 463 g/mol. The van der Waals surface area contributed by atoms with E-state index in [1.54, 1.807) is 0 Å². The number of aliphatic hydroxyl groups excluding tert-OH is 2. The normalized spacial score (nSPS) is 14.1. The van der Waals surface area contributed by atoms with Crippen molar-refractivity contribution in [2.45, 2.75) is 31.5 Å². The summed E-state index contributed by atoms with van der Waals surface area (Å²) < 4.78 is 5.45. The lowest BCUT2D eigenvalue weighted by Gasteiger charge is -2.18. The molecule has 0 aliphatic heterocycles. The highest BCUT2D eigenvalue weighted by molar-refractivity contribution is 5.79. The third-order valence-corrected chi connectivity index (χ3v) is 6.02. The number of carbonyl (C=O) groups excluding carboxylic acids is 1. The van der Waals surface area contributed by atoms with Crippen LogP contribution in [0.5, 0.6) is 0 Å². The third-order valence-electron chi connectivity index (χ3n) is 6.02. The fraction of sp³-hybridized carbons (Fsp3) is 0.280. The van der Waals surface area contributed by atoms with Gasteiger partial charge in [0.1, 0.15) is 18.9 Å². The zero-order valence-electron chi connectivity index (χ0n) is 18.5. The van der Waals surface area contributed by atoms with Crippen molar-refractivity contribution in [3.8, 4) is 11.1 Å². The minimum atomic E-state index is -1.34. The van der Waals surface area contributed by atoms with E-state index in [0.29, 0.717) is 5.56 Å². The fourth-order valence-electron chi connectivity index (χ4n) is 4.25. The van der Waals surface area contributed by atoms with Gasteiger partial charge in [0.15, 0.2) is 0 Å². The molecular formula is C25H25N3O6. The van der Waals surface area contributed by atoms with Gasteiger partial charge in [0, 0.05) is 18.0 Å². The van der Waals surface area contributed by atoms with Crippen LogP contribution in [0.3, 0.4) is 0 Å². The standard InChI is InChI=1S/C25H25N3O6/c1-15-12-21(27-13-22(15)28(32)33)24(30)23(29)10-11-26-25(31)34-14-20-18-8-4-2-6-16(18)17-7-3-5-9-19(17)20/h2-9,12-13,20,23-24,29-30H,10-11,14H2,1H3,(H,26,31). The fourth-order valence-corrected chi connectivity index (χ4v) is 4.25. The summed E-state index contributed by atoms with van der Waals surface area (Å²) >= 11 is 0. The number of amides is 1. The van der Waals surface area contributed by atoms with E-state index in [1.807, 2.05) is 36.4 Å². The quantitative estimate of drug-likeness (QED) is 0.343. The highest BCUT2D eigenvalue weighted by Crippen LogP contribution is 2.44. The van der Waals surface area contributed by atoms with E-state index in [1.165, 1.54) is 13.0 Å². The number of rotatable bonds is 8. The van der Waals surface area contributed by atoms with Gasteiger partial charge < -0.3 is 20.3 Å². The van der Waals surface area contributed by atoms with Crippen LogP contribution in [0.2, 0.25) is 0 Å². The first-order valence-electron chi connectivity index (χ1n) is 10.9. The molecule has 0 saturated heterocycles. The second kappa shape index (κ2) is 9.98. The highest BCUT2D eigenvalue weighted by Gasteiger charge is 2.29. The number of aromatic nitrogens is 1. The Bertz CT molecular complexity index is 1170. The molecule has 1 aromatic heterocycles. The van der Waals surface area contributed by atoms with Crippen LogP contribution in [-0.4, -0.2) is 45.5 Å². The monoisotopic (exact) mass is 463 g/mol. The van der Waals surface area contributed by atoms with Crippen molar-refractivity contribution in [3.05, 3.63) is 93.3 Å². The molecule has 2 unspecified atom stereocenters. The number of carbonyl (C=O) groups is 1. The van der Waals surface area contributed by atoms with E-state index in [-0.39, 0.29) is 36.9 Å². The Labute approximate surface area is 196 Å². The van der Waals surface area contributed by atoms with Crippen LogP contribution in [-0.2, 0) is 4.74 Å². The van der Waals surface area contributed by atoms with E-state index in [4.69, 9.17) is 4.74 Å². The van der Waals surface area contributed by atoms with Gasteiger partial charge in [-0.15, -0.1) is 0 Å². The van der Waals surface area contributed by atoms with Crippen LogP contribution in [0, 0.1) is 17.0 Å². The number of nitrogens with zero attached hydrogens (tertiary/aromatic N) is 2. The van der Waals surface area contributed by atoms with E-state index < -0.39 is 23.2 Å². The lowest BCUT2D eigenvalue weighted by atomic mass is 9.98. The number of hydrogen-bond acceptors (Lipinski definition) is 7.